The number of alkyl halides is 2. The molecule has 5 aliphatic rings. The summed E-state index contributed by atoms with van der Waals surface area (Å²) in [7, 11) is 1.69. The Bertz CT molecular complexity index is 681. The highest BCUT2D eigenvalue weighted by molar-refractivity contribution is 7.96. The molecule has 0 spiro atoms. The van der Waals surface area contributed by atoms with Crippen LogP contribution in [0.3, 0.4) is 0 Å². The van der Waals surface area contributed by atoms with Gasteiger partial charge in [0.05, 0.1) is 30.7 Å². The molecule has 4 bridgehead atoms. The molecule has 31 heavy (non-hydrogen) atoms. The predicted octanol–water partition coefficient (Wildman–Crippen LogP) is 3.15. The lowest BCUT2D eigenvalue weighted by Crippen LogP contribution is -2.59. The Morgan fingerprint density at radius 3 is 2.32 bits per heavy atom. The Morgan fingerprint density at radius 2 is 1.74 bits per heavy atom. The number of hydrogen-bond donors (Lipinski definition) is 0. The molecule has 2 unspecified atom stereocenters. The Morgan fingerprint density at radius 1 is 1.10 bits per heavy atom. The fourth-order valence-electron chi connectivity index (χ4n) is 6.86. The van der Waals surface area contributed by atoms with Crippen molar-refractivity contribution in [1.82, 2.24) is 0 Å². The Balaban J connectivity index is 1.40. The second-order valence-electron chi connectivity index (χ2n) is 10.0. The molecule has 0 heterocycles. The van der Waals surface area contributed by atoms with Crippen LogP contribution in [0.5, 0.6) is 0 Å². The summed E-state index contributed by atoms with van der Waals surface area (Å²) in [5, 5.41) is 5.96. The molecule has 0 N–H and O–H groups in total. The van der Waals surface area contributed by atoms with Crippen LogP contribution in [0.25, 0.3) is 0 Å². The van der Waals surface area contributed by atoms with Crippen LogP contribution in [-0.2, 0) is 28.1 Å². The van der Waals surface area contributed by atoms with E-state index >= 15 is 0 Å². The van der Waals surface area contributed by atoms with Gasteiger partial charge in [-0.25, -0.2) is 4.79 Å². The fraction of sp³-hybridized carbons (Fsp3) is 0.905. The van der Waals surface area contributed by atoms with Crippen molar-refractivity contribution in [2.75, 3.05) is 13.7 Å². The first-order valence-electron chi connectivity index (χ1n) is 11.0. The number of hydrogen-bond acceptors (Lipinski definition) is 8. The summed E-state index contributed by atoms with van der Waals surface area (Å²) in [5.74, 6) is -1.41. The van der Waals surface area contributed by atoms with Gasteiger partial charge in [0.2, 0.25) is 0 Å². The summed E-state index contributed by atoms with van der Waals surface area (Å²) in [5.41, 5.74) is -1.06. The van der Waals surface area contributed by atoms with Crippen LogP contribution < -0.4 is 5.26 Å². The molecule has 0 saturated heterocycles. The molecule has 0 aromatic heterocycles. The van der Waals surface area contributed by atoms with E-state index in [0.717, 1.165) is 57.8 Å². The molecule has 5 aliphatic carbocycles. The van der Waals surface area contributed by atoms with Crippen LogP contribution >= 0.6 is 12.0 Å². The summed E-state index contributed by atoms with van der Waals surface area (Å²) >= 11 is -0.758. The van der Waals surface area contributed by atoms with E-state index in [4.69, 9.17) is 14.2 Å². The van der Waals surface area contributed by atoms with Gasteiger partial charge in [-0.05, 0) is 76.0 Å². The van der Waals surface area contributed by atoms with Crippen molar-refractivity contribution in [3.05, 3.63) is 0 Å². The number of carbonyl (C=O) groups is 2. The quantitative estimate of drug-likeness (QED) is 0.235. The van der Waals surface area contributed by atoms with Crippen molar-refractivity contribution < 1.29 is 42.2 Å². The first-order chi connectivity index (χ1) is 14.7. The first kappa shape index (κ1) is 23.2. The van der Waals surface area contributed by atoms with Crippen LogP contribution in [0.4, 0.5) is 8.78 Å². The van der Waals surface area contributed by atoms with E-state index in [1.54, 1.807) is 7.11 Å². The van der Waals surface area contributed by atoms with Crippen molar-refractivity contribution in [1.29, 1.82) is 0 Å². The maximum Gasteiger partial charge on any atom is 0.412 e. The summed E-state index contributed by atoms with van der Waals surface area (Å²) in [6, 6.07) is 0. The Kier molecular flexibility index (Phi) is 6.55. The van der Waals surface area contributed by atoms with Gasteiger partial charge in [0, 0.05) is 12.5 Å². The first-order valence-corrected chi connectivity index (χ1v) is 11.7. The standard InChI is InChI=1S/C21H30F2O7S/c1-27-16-4-2-15(3-5-16)17(24)29-20-9-13-6-14(10-20)8-19(7-13,11-20)12-28-18(25)21(22,23)31-30-26/h13-16,26H,2-12H2,1H3/p-1. The molecule has 10 heteroatoms. The number of methoxy groups -OCH3 is 1. The van der Waals surface area contributed by atoms with E-state index in [0.29, 0.717) is 18.3 Å². The van der Waals surface area contributed by atoms with Crippen LogP contribution in [-0.4, -0.2) is 42.6 Å². The zero-order valence-corrected chi connectivity index (χ0v) is 18.4. The fourth-order valence-corrected chi connectivity index (χ4v) is 7.08. The highest BCUT2D eigenvalue weighted by atomic mass is 32.2. The van der Waals surface area contributed by atoms with E-state index in [2.05, 4.69) is 4.33 Å². The van der Waals surface area contributed by atoms with E-state index in [-0.39, 0.29) is 24.6 Å². The molecule has 0 amide bonds. The molecule has 0 radical (unpaired) electrons. The zero-order chi connectivity index (χ0) is 22.3. The van der Waals surface area contributed by atoms with Gasteiger partial charge >= 0.3 is 17.2 Å². The Labute approximate surface area is 184 Å². The van der Waals surface area contributed by atoms with Gasteiger partial charge in [-0.1, -0.05) is 0 Å². The summed E-state index contributed by atoms with van der Waals surface area (Å²) in [4.78, 5) is 24.7. The van der Waals surface area contributed by atoms with E-state index in [1.807, 2.05) is 0 Å². The van der Waals surface area contributed by atoms with Crippen molar-refractivity contribution in [2.45, 2.75) is 81.2 Å². The third-order valence-electron chi connectivity index (χ3n) is 7.67. The highest BCUT2D eigenvalue weighted by Crippen LogP contribution is 2.63. The van der Waals surface area contributed by atoms with Crippen molar-refractivity contribution in [2.24, 2.45) is 23.2 Å². The summed E-state index contributed by atoms with van der Waals surface area (Å²) < 4.78 is 46.7. The van der Waals surface area contributed by atoms with Crippen LogP contribution in [0.2, 0.25) is 0 Å². The van der Waals surface area contributed by atoms with E-state index in [1.165, 1.54) is 0 Å². The summed E-state index contributed by atoms with van der Waals surface area (Å²) in [6.07, 6.45) is 8.04. The molecule has 7 nitrogen and oxygen atoms in total. The predicted molar refractivity (Wildman–Crippen MR) is 103 cm³/mol. The van der Waals surface area contributed by atoms with Crippen LogP contribution in [0.1, 0.15) is 64.2 Å². The van der Waals surface area contributed by atoms with Crippen LogP contribution in [0, 0.1) is 23.2 Å². The second kappa shape index (κ2) is 8.76. The van der Waals surface area contributed by atoms with Gasteiger partial charge in [-0.15, -0.1) is 0 Å². The van der Waals surface area contributed by atoms with E-state index in [9.17, 15) is 23.6 Å². The minimum absolute atomic E-state index is 0.129. The monoisotopic (exact) mass is 463 g/mol. The molecule has 5 fully saturated rings. The average molecular weight is 464 g/mol. The molecular formula is C21H29F2O7S-. The molecule has 5 saturated carbocycles. The number of rotatable bonds is 8. The van der Waals surface area contributed by atoms with E-state index < -0.39 is 34.3 Å². The minimum Gasteiger partial charge on any atom is -0.710 e. The van der Waals surface area contributed by atoms with Gasteiger partial charge in [0.25, 0.3) is 0 Å². The number of esters is 2. The third kappa shape index (κ3) is 4.86. The van der Waals surface area contributed by atoms with Crippen molar-refractivity contribution >= 4 is 24.0 Å². The second-order valence-corrected chi connectivity index (χ2v) is 10.8. The van der Waals surface area contributed by atoms with Crippen LogP contribution in [0.15, 0.2) is 0 Å². The third-order valence-corrected chi connectivity index (χ3v) is 8.12. The molecule has 2 atom stereocenters. The molecule has 0 aromatic rings. The SMILES string of the molecule is COC1CCC(C(=O)OC23CC4CC(CC(COC(=O)C(F)(F)SO[O-])(C4)C2)C3)CC1. The molecule has 176 valence electrons. The number of halogens is 2. The van der Waals surface area contributed by atoms with Gasteiger partial charge in [0.15, 0.2) is 0 Å². The van der Waals surface area contributed by atoms with Crippen molar-refractivity contribution in [3.8, 4) is 0 Å². The number of ether oxygens (including phenoxy) is 3. The zero-order valence-electron chi connectivity index (χ0n) is 17.6. The smallest absolute Gasteiger partial charge is 0.412 e. The van der Waals surface area contributed by atoms with Crippen molar-refractivity contribution in [3.63, 3.8) is 0 Å². The van der Waals surface area contributed by atoms with Gasteiger partial charge in [-0.2, -0.15) is 8.78 Å². The lowest BCUT2D eigenvalue weighted by atomic mass is 9.48. The van der Waals surface area contributed by atoms with Gasteiger partial charge < -0.3 is 23.8 Å². The molecule has 0 aromatic carbocycles. The highest BCUT2D eigenvalue weighted by Gasteiger charge is 2.60. The Hall–Kier alpha value is -0.970. The maximum atomic E-state index is 13.6. The molecular weight excluding hydrogens is 434 g/mol. The lowest BCUT2D eigenvalue weighted by molar-refractivity contribution is -0.630. The van der Waals surface area contributed by atoms with Gasteiger partial charge in [-0.3, -0.25) is 4.79 Å². The molecule has 5 rings (SSSR count). The largest absolute Gasteiger partial charge is 0.710 e. The minimum atomic E-state index is -4.05. The lowest BCUT2D eigenvalue weighted by Gasteiger charge is -2.61. The topological polar surface area (TPSA) is 94.1 Å². The average Bonchev–Trinajstić information content (AvgIpc) is 2.70. The normalized spacial score (nSPS) is 39.4. The summed E-state index contributed by atoms with van der Waals surface area (Å²) in [6.45, 7) is -0.161. The maximum absolute atomic E-state index is 13.6. The number of carbonyl (C=O) groups excluding carboxylic acids is 2. The van der Waals surface area contributed by atoms with Gasteiger partial charge in [0.1, 0.15) is 5.60 Å². The molecule has 0 aliphatic heterocycles.